The molecule has 0 saturated heterocycles. The number of nitrogens with zero attached hydrogens (tertiary/aromatic N) is 1. The molecular weight excluding hydrogens is 304 g/mol. The van der Waals surface area contributed by atoms with Gasteiger partial charge in [0.25, 0.3) is 0 Å². The maximum absolute atomic E-state index is 6.11. The van der Waals surface area contributed by atoms with Crippen LogP contribution in [0.5, 0.6) is 5.75 Å². The smallest absolute Gasteiger partial charge is 0.127 e. The molecule has 102 valence electrons. The highest BCUT2D eigenvalue weighted by atomic mass is 79.9. The molecule has 0 radical (unpaired) electrons. The molecule has 1 aromatic rings. The molecular formula is C15H19BrN2O. The normalized spacial score (nSPS) is 19.5. The van der Waals surface area contributed by atoms with E-state index in [9.17, 15) is 0 Å². The van der Waals surface area contributed by atoms with Crippen molar-refractivity contribution in [1.29, 1.82) is 0 Å². The van der Waals surface area contributed by atoms with Crippen molar-refractivity contribution in [2.75, 3.05) is 6.61 Å². The van der Waals surface area contributed by atoms with Gasteiger partial charge >= 0.3 is 0 Å². The third-order valence-electron chi connectivity index (χ3n) is 4.03. The Balaban J connectivity index is 1.78. The fourth-order valence-electron chi connectivity index (χ4n) is 2.99. The number of rotatable bonds is 3. The van der Waals surface area contributed by atoms with E-state index in [-0.39, 0.29) is 0 Å². The fraction of sp³-hybridized carbons (Fsp3) is 0.533. The van der Waals surface area contributed by atoms with Gasteiger partial charge in [-0.05, 0) is 30.5 Å². The number of hydrogen-bond acceptors (Lipinski definition) is 2. The van der Waals surface area contributed by atoms with Crippen molar-refractivity contribution >= 4 is 21.8 Å². The molecule has 0 amide bonds. The lowest BCUT2D eigenvalue weighted by atomic mass is 10.1. The van der Waals surface area contributed by atoms with Crippen LogP contribution in [0.2, 0.25) is 0 Å². The summed E-state index contributed by atoms with van der Waals surface area (Å²) in [5.41, 5.74) is 8.53. The van der Waals surface area contributed by atoms with Gasteiger partial charge < -0.3 is 10.5 Å². The van der Waals surface area contributed by atoms with Gasteiger partial charge in [0, 0.05) is 22.4 Å². The van der Waals surface area contributed by atoms with E-state index >= 15 is 0 Å². The molecule has 2 N–H and O–H groups in total. The zero-order valence-electron chi connectivity index (χ0n) is 11.0. The monoisotopic (exact) mass is 322 g/mol. The van der Waals surface area contributed by atoms with E-state index in [0.29, 0.717) is 12.5 Å². The lowest BCUT2D eigenvalue weighted by molar-refractivity contribution is 0.353. The van der Waals surface area contributed by atoms with Crippen LogP contribution in [0, 0.1) is 5.92 Å². The third-order valence-corrected chi connectivity index (χ3v) is 4.49. The quantitative estimate of drug-likeness (QED) is 0.684. The van der Waals surface area contributed by atoms with Crippen LogP contribution in [0.25, 0.3) is 0 Å². The number of halogens is 1. The summed E-state index contributed by atoms with van der Waals surface area (Å²) in [6, 6.07) is 4.23. The van der Waals surface area contributed by atoms with Crippen molar-refractivity contribution in [3.8, 4) is 5.75 Å². The Kier molecular flexibility index (Phi) is 3.78. The molecule has 0 spiro atoms. The van der Waals surface area contributed by atoms with Crippen molar-refractivity contribution in [1.82, 2.24) is 0 Å². The van der Waals surface area contributed by atoms with E-state index < -0.39 is 0 Å². The standard InChI is InChI=1S/C15H19BrN2O/c16-13-7-11-5-6-19-14(11)12(8-13)9-18-15(17)10-3-1-2-4-10/h7-8,10H,1-6,9H2,(H2,17,18). The average molecular weight is 323 g/mol. The highest BCUT2D eigenvalue weighted by Crippen LogP contribution is 2.33. The molecule has 0 bridgehead atoms. The van der Waals surface area contributed by atoms with Crippen molar-refractivity contribution in [2.24, 2.45) is 16.6 Å². The molecule has 4 heteroatoms. The number of hydrogen-bond donors (Lipinski definition) is 1. The van der Waals surface area contributed by atoms with Crippen molar-refractivity contribution in [3.63, 3.8) is 0 Å². The molecule has 1 heterocycles. The van der Waals surface area contributed by atoms with Gasteiger partial charge in [0.15, 0.2) is 0 Å². The summed E-state index contributed by atoms with van der Waals surface area (Å²) in [6.07, 6.45) is 5.96. The summed E-state index contributed by atoms with van der Waals surface area (Å²) in [5.74, 6) is 2.34. The largest absolute Gasteiger partial charge is 0.493 e. The Bertz CT molecular complexity index is 507. The van der Waals surface area contributed by atoms with Crippen LogP contribution in [0.1, 0.15) is 36.8 Å². The van der Waals surface area contributed by atoms with Crippen LogP contribution in [0.4, 0.5) is 0 Å². The molecule has 19 heavy (non-hydrogen) atoms. The van der Waals surface area contributed by atoms with Crippen LogP contribution < -0.4 is 10.5 Å². The summed E-state index contributed by atoms with van der Waals surface area (Å²) >= 11 is 3.55. The molecule has 0 unspecified atom stereocenters. The number of nitrogens with two attached hydrogens (primary N) is 1. The summed E-state index contributed by atoms with van der Waals surface area (Å²) in [7, 11) is 0. The van der Waals surface area contributed by atoms with Gasteiger partial charge in [-0.15, -0.1) is 0 Å². The van der Waals surface area contributed by atoms with E-state index in [1.54, 1.807) is 0 Å². The first-order valence-electron chi connectivity index (χ1n) is 6.98. The molecule has 1 aliphatic carbocycles. The van der Waals surface area contributed by atoms with E-state index in [1.165, 1.54) is 31.2 Å². The van der Waals surface area contributed by atoms with Gasteiger partial charge in [0.05, 0.1) is 19.0 Å². The summed E-state index contributed by atoms with van der Waals surface area (Å²) in [4.78, 5) is 4.59. The van der Waals surface area contributed by atoms with E-state index in [0.717, 1.165) is 34.6 Å². The highest BCUT2D eigenvalue weighted by molar-refractivity contribution is 9.10. The summed E-state index contributed by atoms with van der Waals surface area (Å²) in [5, 5.41) is 0. The SMILES string of the molecule is NC(=NCc1cc(Br)cc2c1OCC2)C1CCCC1. The van der Waals surface area contributed by atoms with Crippen LogP contribution in [-0.4, -0.2) is 12.4 Å². The van der Waals surface area contributed by atoms with Crippen molar-refractivity contribution < 1.29 is 4.74 Å². The van der Waals surface area contributed by atoms with Gasteiger partial charge in [-0.2, -0.15) is 0 Å². The Hall–Kier alpha value is -1.03. The topological polar surface area (TPSA) is 47.6 Å². The molecule has 1 aromatic carbocycles. The van der Waals surface area contributed by atoms with E-state index in [1.807, 2.05) is 0 Å². The Morgan fingerprint density at radius 2 is 2.16 bits per heavy atom. The molecule has 0 atom stereocenters. The van der Waals surface area contributed by atoms with Gasteiger partial charge in [0.1, 0.15) is 5.75 Å². The first-order chi connectivity index (χ1) is 9.24. The Morgan fingerprint density at radius 3 is 2.95 bits per heavy atom. The zero-order valence-corrected chi connectivity index (χ0v) is 12.6. The fourth-order valence-corrected chi connectivity index (χ4v) is 3.54. The number of fused-ring (bicyclic) bond motifs is 1. The lowest BCUT2D eigenvalue weighted by Gasteiger charge is -2.10. The lowest BCUT2D eigenvalue weighted by Crippen LogP contribution is -2.21. The first kappa shape index (κ1) is 13.0. The van der Waals surface area contributed by atoms with Crippen molar-refractivity contribution in [3.05, 3.63) is 27.7 Å². The molecule has 0 aromatic heterocycles. The maximum Gasteiger partial charge on any atom is 0.127 e. The minimum atomic E-state index is 0.501. The number of benzene rings is 1. The number of aliphatic imine (C=N–C) groups is 1. The third kappa shape index (κ3) is 2.78. The maximum atomic E-state index is 6.11. The molecule has 1 fully saturated rings. The second-order valence-corrected chi connectivity index (χ2v) is 6.29. The molecule has 1 saturated carbocycles. The first-order valence-corrected chi connectivity index (χ1v) is 7.77. The summed E-state index contributed by atoms with van der Waals surface area (Å²) in [6.45, 7) is 1.41. The summed E-state index contributed by atoms with van der Waals surface area (Å²) < 4.78 is 6.81. The molecule has 3 rings (SSSR count). The zero-order chi connectivity index (χ0) is 13.2. The average Bonchev–Trinajstić information content (AvgIpc) is 3.05. The van der Waals surface area contributed by atoms with E-state index in [4.69, 9.17) is 10.5 Å². The van der Waals surface area contributed by atoms with E-state index in [2.05, 4.69) is 33.1 Å². The molecule has 2 aliphatic rings. The van der Waals surface area contributed by atoms with Crippen LogP contribution in [-0.2, 0) is 13.0 Å². The Labute approximate surface area is 122 Å². The number of ether oxygens (including phenoxy) is 1. The van der Waals surface area contributed by atoms with Crippen LogP contribution >= 0.6 is 15.9 Å². The predicted molar refractivity (Wildman–Crippen MR) is 80.6 cm³/mol. The van der Waals surface area contributed by atoms with Crippen molar-refractivity contribution in [2.45, 2.75) is 38.6 Å². The highest BCUT2D eigenvalue weighted by Gasteiger charge is 2.20. The molecule has 3 nitrogen and oxygen atoms in total. The van der Waals surface area contributed by atoms with Crippen LogP contribution in [0.3, 0.4) is 0 Å². The minimum Gasteiger partial charge on any atom is -0.493 e. The second kappa shape index (κ2) is 5.53. The minimum absolute atomic E-state index is 0.501. The number of amidine groups is 1. The van der Waals surface area contributed by atoms with Gasteiger partial charge in [-0.3, -0.25) is 4.99 Å². The Morgan fingerprint density at radius 1 is 1.37 bits per heavy atom. The second-order valence-electron chi connectivity index (χ2n) is 5.37. The van der Waals surface area contributed by atoms with Gasteiger partial charge in [-0.1, -0.05) is 28.8 Å². The predicted octanol–water partition coefficient (Wildman–Crippen LogP) is 3.43. The van der Waals surface area contributed by atoms with Gasteiger partial charge in [-0.25, -0.2) is 0 Å². The van der Waals surface area contributed by atoms with Gasteiger partial charge in [0.2, 0.25) is 0 Å². The molecule has 1 aliphatic heterocycles. The van der Waals surface area contributed by atoms with Crippen LogP contribution in [0.15, 0.2) is 21.6 Å².